The summed E-state index contributed by atoms with van der Waals surface area (Å²) in [5, 5.41) is 11.8. The number of rotatable bonds is 5. The van der Waals surface area contributed by atoms with Gasteiger partial charge in [-0.1, -0.05) is 31.2 Å². The van der Waals surface area contributed by atoms with E-state index in [0.717, 1.165) is 6.42 Å². The Morgan fingerprint density at radius 2 is 1.90 bits per heavy atom. The zero-order valence-electron chi connectivity index (χ0n) is 11.8. The molecule has 0 fully saturated rings. The van der Waals surface area contributed by atoms with Gasteiger partial charge in [0.25, 0.3) is 5.91 Å². The first-order chi connectivity index (χ1) is 10.3. The maximum atomic E-state index is 12.4. The number of hydrogen-bond acceptors (Lipinski definition) is 3. The smallest absolute Gasteiger partial charge is 0.259 e. The van der Waals surface area contributed by atoms with Gasteiger partial charge >= 0.3 is 0 Å². The fraction of sp³-hybridized carbons (Fsp3) is 0.176. The van der Waals surface area contributed by atoms with Crippen LogP contribution < -0.4 is 10.1 Å². The van der Waals surface area contributed by atoms with Gasteiger partial charge in [-0.3, -0.25) is 4.79 Å². The average Bonchev–Trinajstić information content (AvgIpc) is 2.53. The molecular weight excluding hydrogens is 264 g/mol. The van der Waals surface area contributed by atoms with Gasteiger partial charge in [-0.25, -0.2) is 0 Å². The lowest BCUT2D eigenvalue weighted by atomic mass is 10.1. The van der Waals surface area contributed by atoms with Gasteiger partial charge in [0.05, 0.1) is 23.4 Å². The van der Waals surface area contributed by atoms with E-state index in [1.54, 1.807) is 42.5 Å². The molecule has 4 nitrogen and oxygen atoms in total. The van der Waals surface area contributed by atoms with E-state index in [-0.39, 0.29) is 5.91 Å². The quantitative estimate of drug-likeness (QED) is 0.910. The number of nitrogens with zero attached hydrogens (tertiary/aromatic N) is 1. The highest BCUT2D eigenvalue weighted by Crippen LogP contribution is 2.21. The monoisotopic (exact) mass is 280 g/mol. The van der Waals surface area contributed by atoms with Crippen LogP contribution in [0.2, 0.25) is 0 Å². The highest BCUT2D eigenvalue weighted by molar-refractivity contribution is 6.06. The number of hydrogen-bond donors (Lipinski definition) is 1. The summed E-state index contributed by atoms with van der Waals surface area (Å²) in [6.07, 6.45) is 0.868. The highest BCUT2D eigenvalue weighted by atomic mass is 16.5. The van der Waals surface area contributed by atoms with Crippen LogP contribution in [0.3, 0.4) is 0 Å². The van der Waals surface area contributed by atoms with Crippen molar-refractivity contribution in [3.8, 4) is 11.8 Å². The van der Waals surface area contributed by atoms with E-state index in [9.17, 15) is 4.79 Å². The summed E-state index contributed by atoms with van der Waals surface area (Å²) in [6.45, 7) is 2.56. The third-order valence-electron chi connectivity index (χ3n) is 2.89. The minimum absolute atomic E-state index is 0.288. The molecule has 1 N–H and O–H groups in total. The highest BCUT2D eigenvalue weighted by Gasteiger charge is 2.13. The second-order valence-corrected chi connectivity index (χ2v) is 4.46. The second-order valence-electron chi connectivity index (χ2n) is 4.46. The average molecular weight is 280 g/mol. The number of benzene rings is 2. The summed E-state index contributed by atoms with van der Waals surface area (Å²) < 4.78 is 5.58. The van der Waals surface area contributed by atoms with Crippen LogP contribution in [0.25, 0.3) is 0 Å². The third kappa shape index (κ3) is 3.61. The number of para-hydroxylation sites is 2. The molecule has 0 aromatic heterocycles. The van der Waals surface area contributed by atoms with Crippen molar-refractivity contribution in [2.75, 3.05) is 11.9 Å². The van der Waals surface area contributed by atoms with Crippen molar-refractivity contribution >= 4 is 11.6 Å². The first-order valence-electron chi connectivity index (χ1n) is 6.78. The lowest BCUT2D eigenvalue weighted by molar-refractivity contribution is 0.102. The van der Waals surface area contributed by atoms with Crippen LogP contribution >= 0.6 is 0 Å². The van der Waals surface area contributed by atoms with Gasteiger partial charge in [0.2, 0.25) is 0 Å². The predicted molar refractivity (Wildman–Crippen MR) is 81.3 cm³/mol. The molecule has 0 atom stereocenters. The van der Waals surface area contributed by atoms with Crippen molar-refractivity contribution in [1.82, 2.24) is 0 Å². The molecule has 0 saturated carbocycles. The molecule has 0 bridgehead atoms. The maximum Gasteiger partial charge on any atom is 0.259 e. The molecule has 2 aromatic rings. The Balaban J connectivity index is 2.23. The molecule has 106 valence electrons. The van der Waals surface area contributed by atoms with Crippen LogP contribution in [0, 0.1) is 11.3 Å². The van der Waals surface area contributed by atoms with Gasteiger partial charge in [0.1, 0.15) is 11.8 Å². The van der Waals surface area contributed by atoms with Gasteiger partial charge in [-0.2, -0.15) is 5.26 Å². The molecule has 4 heteroatoms. The lowest BCUT2D eigenvalue weighted by Gasteiger charge is -2.11. The Labute approximate surface area is 124 Å². The van der Waals surface area contributed by atoms with E-state index in [4.69, 9.17) is 10.00 Å². The van der Waals surface area contributed by atoms with E-state index in [2.05, 4.69) is 11.4 Å². The van der Waals surface area contributed by atoms with Gasteiger partial charge in [0, 0.05) is 0 Å². The Bertz CT molecular complexity index is 674. The van der Waals surface area contributed by atoms with Crippen LogP contribution in [-0.2, 0) is 0 Å². The van der Waals surface area contributed by atoms with Crippen LogP contribution in [0.1, 0.15) is 29.3 Å². The normalized spacial score (nSPS) is 9.71. The van der Waals surface area contributed by atoms with Crippen molar-refractivity contribution < 1.29 is 9.53 Å². The molecule has 0 aliphatic carbocycles. The molecule has 0 aliphatic heterocycles. The third-order valence-corrected chi connectivity index (χ3v) is 2.89. The molecule has 0 saturated heterocycles. The lowest BCUT2D eigenvalue weighted by Crippen LogP contribution is -2.14. The number of anilines is 1. The first kappa shape index (κ1) is 14.6. The molecular formula is C17H16N2O2. The van der Waals surface area contributed by atoms with Gasteiger partial charge < -0.3 is 10.1 Å². The Kier molecular flexibility index (Phi) is 4.94. The topological polar surface area (TPSA) is 62.1 Å². The standard InChI is InChI=1S/C17H16N2O2/c1-2-11-21-16-10-6-4-8-14(16)17(20)19-15-9-5-3-7-13(15)12-18/h3-10H,2,11H2,1H3,(H,19,20). The molecule has 0 aliphatic rings. The fourth-order valence-electron chi connectivity index (χ4n) is 1.87. The minimum atomic E-state index is -0.288. The van der Waals surface area contributed by atoms with Gasteiger partial charge in [-0.05, 0) is 30.7 Å². The van der Waals surface area contributed by atoms with E-state index < -0.39 is 0 Å². The number of amides is 1. The van der Waals surface area contributed by atoms with Crippen molar-refractivity contribution in [3.63, 3.8) is 0 Å². The Morgan fingerprint density at radius 1 is 1.19 bits per heavy atom. The molecule has 0 spiro atoms. The predicted octanol–water partition coefficient (Wildman–Crippen LogP) is 3.60. The van der Waals surface area contributed by atoms with Crippen molar-refractivity contribution in [1.29, 1.82) is 5.26 Å². The van der Waals surface area contributed by atoms with E-state index >= 15 is 0 Å². The van der Waals surface area contributed by atoms with Crippen molar-refractivity contribution in [2.45, 2.75) is 13.3 Å². The summed E-state index contributed by atoms with van der Waals surface area (Å²) >= 11 is 0. The number of nitrogens with one attached hydrogen (secondary N) is 1. The molecule has 2 rings (SSSR count). The van der Waals surface area contributed by atoms with Gasteiger partial charge in [-0.15, -0.1) is 0 Å². The van der Waals surface area contributed by atoms with Crippen LogP contribution in [0.15, 0.2) is 48.5 Å². The summed E-state index contributed by atoms with van der Waals surface area (Å²) in [4.78, 5) is 12.4. The van der Waals surface area contributed by atoms with Crippen molar-refractivity contribution in [3.05, 3.63) is 59.7 Å². The van der Waals surface area contributed by atoms with Crippen LogP contribution in [0.4, 0.5) is 5.69 Å². The number of nitriles is 1. The number of carbonyl (C=O) groups excluding carboxylic acids is 1. The van der Waals surface area contributed by atoms with E-state index in [1.165, 1.54) is 0 Å². The van der Waals surface area contributed by atoms with Crippen molar-refractivity contribution in [2.24, 2.45) is 0 Å². The van der Waals surface area contributed by atoms with Crippen LogP contribution in [0.5, 0.6) is 5.75 Å². The molecule has 0 unspecified atom stereocenters. The zero-order valence-corrected chi connectivity index (χ0v) is 11.8. The molecule has 0 heterocycles. The first-order valence-corrected chi connectivity index (χ1v) is 6.78. The zero-order chi connectivity index (χ0) is 15.1. The molecule has 2 aromatic carbocycles. The second kappa shape index (κ2) is 7.11. The fourth-order valence-corrected chi connectivity index (χ4v) is 1.87. The van der Waals surface area contributed by atoms with Crippen LogP contribution in [-0.4, -0.2) is 12.5 Å². The summed E-state index contributed by atoms with van der Waals surface area (Å²) in [6, 6.07) is 16.0. The van der Waals surface area contributed by atoms with E-state index in [0.29, 0.717) is 29.2 Å². The summed E-state index contributed by atoms with van der Waals surface area (Å²) in [5.74, 6) is 0.260. The number of carbonyl (C=O) groups is 1. The molecule has 21 heavy (non-hydrogen) atoms. The van der Waals surface area contributed by atoms with Gasteiger partial charge in [0.15, 0.2) is 0 Å². The number of ether oxygens (including phenoxy) is 1. The largest absolute Gasteiger partial charge is 0.493 e. The molecule has 1 amide bonds. The Morgan fingerprint density at radius 3 is 2.67 bits per heavy atom. The molecule has 0 radical (unpaired) electrons. The SMILES string of the molecule is CCCOc1ccccc1C(=O)Nc1ccccc1C#N. The van der Waals surface area contributed by atoms with E-state index in [1.807, 2.05) is 13.0 Å². The summed E-state index contributed by atoms with van der Waals surface area (Å²) in [5.41, 5.74) is 1.38. The maximum absolute atomic E-state index is 12.4. The Hall–Kier alpha value is -2.80. The minimum Gasteiger partial charge on any atom is -0.493 e. The summed E-state index contributed by atoms with van der Waals surface area (Å²) in [7, 11) is 0.